The number of rotatable bonds is 7. The van der Waals surface area contributed by atoms with E-state index in [-0.39, 0.29) is 30.1 Å². The Morgan fingerprint density at radius 2 is 2.07 bits per heavy atom. The highest BCUT2D eigenvalue weighted by Crippen LogP contribution is 2.30. The van der Waals surface area contributed by atoms with Crippen molar-refractivity contribution in [1.82, 2.24) is 20.4 Å². The molecule has 0 bridgehead atoms. The molecule has 1 aliphatic rings. The van der Waals surface area contributed by atoms with Crippen LogP contribution in [0.25, 0.3) is 0 Å². The van der Waals surface area contributed by atoms with Gasteiger partial charge in [0.05, 0.1) is 12.1 Å². The van der Waals surface area contributed by atoms with E-state index in [0.29, 0.717) is 22.9 Å². The Balaban J connectivity index is 1.40. The summed E-state index contributed by atoms with van der Waals surface area (Å²) in [5.74, 6) is 0.00235. The van der Waals surface area contributed by atoms with Crippen LogP contribution in [-0.2, 0) is 13.1 Å². The molecular weight excluding hydrogens is 392 g/mol. The van der Waals surface area contributed by atoms with E-state index < -0.39 is 0 Å². The van der Waals surface area contributed by atoms with Crippen LogP contribution in [0.4, 0.5) is 0 Å². The normalized spacial score (nSPS) is 13.1. The van der Waals surface area contributed by atoms with E-state index in [1.54, 1.807) is 47.6 Å². The summed E-state index contributed by atoms with van der Waals surface area (Å²) in [5.41, 5.74) is 1.58. The van der Waals surface area contributed by atoms with Gasteiger partial charge in [0.2, 0.25) is 0 Å². The van der Waals surface area contributed by atoms with Gasteiger partial charge in [-0.1, -0.05) is 28.9 Å². The molecule has 3 aromatic rings. The summed E-state index contributed by atoms with van der Waals surface area (Å²) >= 11 is 5.95. The largest absolute Gasteiger partial charge is 0.359 e. The van der Waals surface area contributed by atoms with Crippen LogP contribution in [0.1, 0.15) is 45.0 Å². The Bertz CT molecular complexity index is 1020. The third kappa shape index (κ3) is 4.81. The Labute approximate surface area is 172 Å². The van der Waals surface area contributed by atoms with Gasteiger partial charge in [-0.25, -0.2) is 0 Å². The van der Waals surface area contributed by atoms with Crippen molar-refractivity contribution in [3.05, 3.63) is 82.5 Å². The van der Waals surface area contributed by atoms with Gasteiger partial charge in [-0.05, 0) is 42.7 Å². The van der Waals surface area contributed by atoms with Gasteiger partial charge in [-0.3, -0.25) is 14.6 Å². The number of halogens is 1. The van der Waals surface area contributed by atoms with Gasteiger partial charge in [0.25, 0.3) is 11.8 Å². The van der Waals surface area contributed by atoms with Crippen molar-refractivity contribution < 1.29 is 14.1 Å². The maximum Gasteiger partial charge on any atom is 0.273 e. The highest BCUT2D eigenvalue weighted by atomic mass is 35.5. The van der Waals surface area contributed by atoms with Crippen molar-refractivity contribution >= 4 is 23.4 Å². The van der Waals surface area contributed by atoms with Crippen molar-refractivity contribution in [2.24, 2.45) is 0 Å². The van der Waals surface area contributed by atoms with Gasteiger partial charge in [0.15, 0.2) is 11.5 Å². The molecule has 1 aromatic carbocycles. The van der Waals surface area contributed by atoms with Crippen LogP contribution < -0.4 is 5.32 Å². The number of pyridine rings is 1. The summed E-state index contributed by atoms with van der Waals surface area (Å²) in [6.45, 7) is 0.586. The molecule has 0 unspecified atom stereocenters. The predicted octanol–water partition coefficient (Wildman–Crippen LogP) is 3.46. The Morgan fingerprint density at radius 3 is 2.79 bits per heavy atom. The van der Waals surface area contributed by atoms with E-state index in [4.69, 9.17) is 16.1 Å². The lowest BCUT2D eigenvalue weighted by Gasteiger charge is -2.20. The Kier molecular flexibility index (Phi) is 5.57. The second-order valence-corrected chi connectivity index (χ2v) is 7.33. The SMILES string of the molecule is O=C(NCc1cccc(Cl)c1)c1cc(CN(C(=O)c2cccnc2)C2CC2)on1. The second-order valence-electron chi connectivity index (χ2n) is 6.90. The van der Waals surface area contributed by atoms with Crippen molar-refractivity contribution in [1.29, 1.82) is 0 Å². The van der Waals surface area contributed by atoms with E-state index in [1.165, 1.54) is 0 Å². The zero-order chi connectivity index (χ0) is 20.2. The monoisotopic (exact) mass is 410 g/mol. The molecule has 2 amide bonds. The maximum atomic E-state index is 12.8. The van der Waals surface area contributed by atoms with Crippen molar-refractivity contribution in [3.63, 3.8) is 0 Å². The van der Waals surface area contributed by atoms with Crippen LogP contribution in [0.5, 0.6) is 0 Å². The molecule has 0 radical (unpaired) electrons. The standard InChI is InChI=1S/C21H19ClN4O3/c22-16-5-1-3-14(9-16)11-24-20(27)19-10-18(29-25-19)13-26(17-6-7-17)21(28)15-4-2-8-23-12-15/h1-5,8-10,12,17H,6-7,11,13H2,(H,24,27). The lowest BCUT2D eigenvalue weighted by atomic mass is 10.2. The number of aromatic nitrogens is 2. The van der Waals surface area contributed by atoms with Crippen molar-refractivity contribution in [2.45, 2.75) is 32.0 Å². The summed E-state index contributed by atoms with van der Waals surface area (Å²) in [5, 5.41) is 7.24. The predicted molar refractivity (Wildman–Crippen MR) is 106 cm³/mol. The Hall–Kier alpha value is -3.19. The summed E-state index contributed by atoms with van der Waals surface area (Å²) in [7, 11) is 0. The molecule has 0 atom stereocenters. The molecule has 29 heavy (non-hydrogen) atoms. The van der Waals surface area contributed by atoms with Crippen LogP contribution in [0, 0.1) is 0 Å². The van der Waals surface area contributed by atoms with Crippen LogP contribution in [-0.4, -0.2) is 32.9 Å². The minimum absolute atomic E-state index is 0.107. The highest BCUT2D eigenvalue weighted by Gasteiger charge is 2.34. The fourth-order valence-corrected chi connectivity index (χ4v) is 3.20. The molecule has 1 fully saturated rings. The van der Waals surface area contributed by atoms with Crippen molar-refractivity contribution in [3.8, 4) is 0 Å². The van der Waals surface area contributed by atoms with E-state index in [0.717, 1.165) is 18.4 Å². The molecule has 7 nitrogen and oxygen atoms in total. The van der Waals surface area contributed by atoms with Gasteiger partial charge >= 0.3 is 0 Å². The molecule has 0 spiro atoms. The van der Waals surface area contributed by atoms with Gasteiger partial charge in [-0.15, -0.1) is 0 Å². The molecule has 2 heterocycles. The number of hydrogen-bond donors (Lipinski definition) is 1. The molecule has 0 aliphatic heterocycles. The van der Waals surface area contributed by atoms with E-state index in [2.05, 4.69) is 15.5 Å². The van der Waals surface area contributed by atoms with Crippen molar-refractivity contribution in [2.75, 3.05) is 0 Å². The number of carbonyl (C=O) groups excluding carboxylic acids is 2. The first-order chi connectivity index (χ1) is 14.1. The fraction of sp³-hybridized carbons (Fsp3) is 0.238. The maximum absolute atomic E-state index is 12.8. The zero-order valence-electron chi connectivity index (χ0n) is 15.5. The molecular formula is C21H19ClN4O3. The number of benzene rings is 1. The average molecular weight is 411 g/mol. The lowest BCUT2D eigenvalue weighted by molar-refractivity contribution is 0.0712. The zero-order valence-corrected chi connectivity index (χ0v) is 16.3. The highest BCUT2D eigenvalue weighted by molar-refractivity contribution is 6.30. The van der Waals surface area contributed by atoms with Crippen LogP contribution in [0.3, 0.4) is 0 Å². The van der Waals surface area contributed by atoms with Crippen LogP contribution >= 0.6 is 11.6 Å². The van der Waals surface area contributed by atoms with Gasteiger partial charge < -0.3 is 14.7 Å². The van der Waals surface area contributed by atoms with E-state index in [1.807, 2.05) is 12.1 Å². The minimum atomic E-state index is -0.350. The Morgan fingerprint density at radius 1 is 1.21 bits per heavy atom. The first kappa shape index (κ1) is 19.1. The minimum Gasteiger partial charge on any atom is -0.359 e. The quantitative estimate of drug-likeness (QED) is 0.644. The molecule has 148 valence electrons. The van der Waals surface area contributed by atoms with Crippen LogP contribution in [0.15, 0.2) is 59.4 Å². The topological polar surface area (TPSA) is 88.3 Å². The summed E-state index contributed by atoms with van der Waals surface area (Å²) in [6, 6.07) is 12.5. The molecule has 1 saturated carbocycles. The third-order valence-corrected chi connectivity index (χ3v) is 4.85. The lowest BCUT2D eigenvalue weighted by Crippen LogP contribution is -2.32. The third-order valence-electron chi connectivity index (χ3n) is 4.62. The first-order valence-electron chi connectivity index (χ1n) is 9.29. The van der Waals surface area contributed by atoms with E-state index >= 15 is 0 Å². The van der Waals surface area contributed by atoms with Gasteiger partial charge in [0, 0.05) is 36.1 Å². The molecule has 1 N–H and O–H groups in total. The second kappa shape index (κ2) is 8.45. The van der Waals surface area contributed by atoms with Crippen LogP contribution in [0.2, 0.25) is 5.02 Å². The first-order valence-corrected chi connectivity index (χ1v) is 9.67. The number of amides is 2. The molecule has 2 aromatic heterocycles. The summed E-state index contributed by atoms with van der Waals surface area (Å²) < 4.78 is 5.31. The number of hydrogen-bond acceptors (Lipinski definition) is 5. The number of carbonyl (C=O) groups is 2. The summed E-state index contributed by atoms with van der Waals surface area (Å²) in [6.07, 6.45) is 5.08. The number of nitrogens with zero attached hydrogens (tertiary/aromatic N) is 3. The average Bonchev–Trinajstić information content (AvgIpc) is 3.48. The molecule has 8 heteroatoms. The molecule has 4 rings (SSSR count). The molecule has 0 saturated heterocycles. The number of nitrogens with one attached hydrogen (secondary N) is 1. The van der Waals surface area contributed by atoms with E-state index in [9.17, 15) is 9.59 Å². The van der Waals surface area contributed by atoms with Gasteiger partial charge in [-0.2, -0.15) is 0 Å². The molecule has 1 aliphatic carbocycles. The fourth-order valence-electron chi connectivity index (χ4n) is 2.99. The smallest absolute Gasteiger partial charge is 0.273 e. The summed E-state index contributed by atoms with van der Waals surface area (Å²) in [4.78, 5) is 30.9. The van der Waals surface area contributed by atoms with Gasteiger partial charge in [0.1, 0.15) is 0 Å².